The van der Waals surface area contributed by atoms with E-state index in [1.54, 1.807) is 6.07 Å². The minimum Gasteiger partial charge on any atom is -0.486 e. The van der Waals surface area contributed by atoms with Gasteiger partial charge in [-0.25, -0.2) is 4.98 Å². The van der Waals surface area contributed by atoms with E-state index < -0.39 is 0 Å². The number of ether oxygens (including phenoxy) is 1. The zero-order valence-electron chi connectivity index (χ0n) is 9.28. The summed E-state index contributed by atoms with van der Waals surface area (Å²) in [6, 6.07) is 11.7. The first kappa shape index (κ1) is 12.4. The van der Waals surface area contributed by atoms with E-state index in [4.69, 9.17) is 16.3 Å². The molecule has 2 rings (SSSR count). The van der Waals surface area contributed by atoms with Crippen molar-refractivity contribution in [1.82, 2.24) is 4.98 Å². The first-order chi connectivity index (χ1) is 8.16. The van der Waals surface area contributed by atoms with Crippen LogP contribution in [0, 0.1) is 6.92 Å². The maximum Gasteiger partial charge on any atom is 0.155 e. The van der Waals surface area contributed by atoms with Crippen molar-refractivity contribution in [2.24, 2.45) is 0 Å². The van der Waals surface area contributed by atoms with Gasteiger partial charge in [-0.2, -0.15) is 0 Å². The van der Waals surface area contributed by atoms with Crippen LogP contribution in [0.4, 0.5) is 0 Å². The van der Waals surface area contributed by atoms with Gasteiger partial charge in [-0.3, -0.25) is 0 Å². The number of halogens is 2. The van der Waals surface area contributed by atoms with Gasteiger partial charge in [0.2, 0.25) is 0 Å². The van der Waals surface area contributed by atoms with Crippen LogP contribution >= 0.6 is 27.5 Å². The largest absolute Gasteiger partial charge is 0.486 e. The van der Waals surface area contributed by atoms with Gasteiger partial charge in [-0.1, -0.05) is 41.9 Å². The Morgan fingerprint density at radius 1 is 1.29 bits per heavy atom. The third kappa shape index (κ3) is 3.20. The molecule has 0 aliphatic carbocycles. The monoisotopic (exact) mass is 311 g/mol. The minimum absolute atomic E-state index is 0.460. The SMILES string of the molecule is Cc1nc(Cl)cc(Br)c1OCc1ccccc1. The second-order valence-electron chi connectivity index (χ2n) is 3.62. The fraction of sp³-hybridized carbons (Fsp3) is 0.154. The molecule has 0 saturated heterocycles. The number of hydrogen-bond acceptors (Lipinski definition) is 2. The van der Waals surface area contributed by atoms with Crippen molar-refractivity contribution in [1.29, 1.82) is 0 Å². The molecule has 0 N–H and O–H groups in total. The first-order valence-corrected chi connectivity index (χ1v) is 6.33. The van der Waals surface area contributed by atoms with Crippen LogP contribution in [0.5, 0.6) is 5.75 Å². The van der Waals surface area contributed by atoms with Crippen LogP contribution in [0.25, 0.3) is 0 Å². The normalized spacial score (nSPS) is 10.3. The van der Waals surface area contributed by atoms with Gasteiger partial charge in [0.25, 0.3) is 0 Å². The molecule has 1 heterocycles. The van der Waals surface area contributed by atoms with Crippen molar-refractivity contribution >= 4 is 27.5 Å². The number of aryl methyl sites for hydroxylation is 1. The molecular formula is C13H11BrClNO. The highest BCUT2D eigenvalue weighted by atomic mass is 79.9. The summed E-state index contributed by atoms with van der Waals surface area (Å²) in [5.74, 6) is 0.734. The van der Waals surface area contributed by atoms with Crippen molar-refractivity contribution in [3.63, 3.8) is 0 Å². The van der Waals surface area contributed by atoms with Crippen LogP contribution in [-0.2, 0) is 6.61 Å². The van der Waals surface area contributed by atoms with Crippen molar-refractivity contribution in [2.75, 3.05) is 0 Å². The summed E-state index contributed by atoms with van der Waals surface area (Å²) in [6.07, 6.45) is 0. The second kappa shape index (κ2) is 5.52. The topological polar surface area (TPSA) is 22.1 Å². The molecule has 0 unspecified atom stereocenters. The number of aromatic nitrogens is 1. The summed E-state index contributed by atoms with van der Waals surface area (Å²) >= 11 is 9.26. The predicted molar refractivity (Wildman–Crippen MR) is 72.5 cm³/mol. The van der Waals surface area contributed by atoms with Gasteiger partial charge < -0.3 is 4.74 Å². The summed E-state index contributed by atoms with van der Waals surface area (Å²) in [5.41, 5.74) is 1.90. The molecule has 0 amide bonds. The van der Waals surface area contributed by atoms with E-state index in [2.05, 4.69) is 20.9 Å². The Morgan fingerprint density at radius 2 is 2.00 bits per heavy atom. The van der Waals surface area contributed by atoms with Gasteiger partial charge in [0, 0.05) is 0 Å². The summed E-state index contributed by atoms with van der Waals surface area (Å²) in [6.45, 7) is 2.39. The maximum atomic E-state index is 5.84. The zero-order valence-corrected chi connectivity index (χ0v) is 11.6. The Kier molecular flexibility index (Phi) is 4.02. The van der Waals surface area contributed by atoms with Crippen molar-refractivity contribution in [3.8, 4) is 5.75 Å². The van der Waals surface area contributed by atoms with Gasteiger partial charge in [0.1, 0.15) is 11.8 Å². The minimum atomic E-state index is 0.460. The Balaban J connectivity index is 2.15. The molecule has 2 nitrogen and oxygen atoms in total. The van der Waals surface area contributed by atoms with Gasteiger partial charge in [-0.15, -0.1) is 0 Å². The number of rotatable bonds is 3. The van der Waals surface area contributed by atoms with Crippen LogP contribution in [0.15, 0.2) is 40.9 Å². The maximum absolute atomic E-state index is 5.84. The molecule has 0 spiro atoms. The quantitative estimate of drug-likeness (QED) is 0.784. The molecule has 2 aromatic rings. The standard InChI is InChI=1S/C13H11BrClNO/c1-9-13(11(14)7-12(15)16-9)17-8-10-5-3-2-4-6-10/h2-7H,8H2,1H3. The Morgan fingerprint density at radius 3 is 2.65 bits per heavy atom. The zero-order chi connectivity index (χ0) is 12.3. The molecule has 1 aromatic carbocycles. The number of benzene rings is 1. The average Bonchev–Trinajstić information content (AvgIpc) is 2.29. The van der Waals surface area contributed by atoms with Crippen LogP contribution in [0.3, 0.4) is 0 Å². The summed E-state index contributed by atoms with van der Waals surface area (Å²) in [7, 11) is 0. The lowest BCUT2D eigenvalue weighted by molar-refractivity contribution is 0.300. The smallest absolute Gasteiger partial charge is 0.155 e. The molecule has 0 aliphatic rings. The predicted octanol–water partition coefficient (Wildman–Crippen LogP) is 4.38. The summed E-state index contributed by atoms with van der Waals surface area (Å²) in [5, 5.41) is 0.460. The van der Waals surface area contributed by atoms with Crippen LogP contribution in [-0.4, -0.2) is 4.98 Å². The van der Waals surface area contributed by atoms with Crippen LogP contribution < -0.4 is 4.74 Å². The number of nitrogens with zero attached hydrogens (tertiary/aromatic N) is 1. The molecule has 88 valence electrons. The van der Waals surface area contributed by atoms with E-state index in [1.807, 2.05) is 37.3 Å². The third-order valence-electron chi connectivity index (χ3n) is 2.29. The van der Waals surface area contributed by atoms with Crippen LogP contribution in [0.1, 0.15) is 11.3 Å². The summed E-state index contributed by atoms with van der Waals surface area (Å²) < 4.78 is 6.57. The van der Waals surface area contributed by atoms with Gasteiger partial charge in [0.05, 0.1) is 10.2 Å². The highest BCUT2D eigenvalue weighted by molar-refractivity contribution is 9.10. The lowest BCUT2D eigenvalue weighted by atomic mass is 10.2. The average molecular weight is 313 g/mol. The molecule has 0 bridgehead atoms. The Labute approximate surface area is 114 Å². The molecule has 1 aromatic heterocycles. The third-order valence-corrected chi connectivity index (χ3v) is 3.07. The molecule has 0 atom stereocenters. The molecule has 0 radical (unpaired) electrons. The van der Waals surface area contributed by atoms with E-state index in [0.717, 1.165) is 21.5 Å². The molecule has 0 aliphatic heterocycles. The Hall–Kier alpha value is -1.06. The van der Waals surface area contributed by atoms with Gasteiger partial charge in [-0.05, 0) is 34.5 Å². The first-order valence-electron chi connectivity index (χ1n) is 5.16. The van der Waals surface area contributed by atoms with E-state index >= 15 is 0 Å². The van der Waals surface area contributed by atoms with Crippen molar-refractivity contribution in [2.45, 2.75) is 13.5 Å². The van der Waals surface area contributed by atoms with E-state index in [1.165, 1.54) is 0 Å². The molecular weight excluding hydrogens is 302 g/mol. The fourth-order valence-electron chi connectivity index (χ4n) is 1.49. The van der Waals surface area contributed by atoms with Crippen molar-refractivity contribution < 1.29 is 4.74 Å². The number of hydrogen-bond donors (Lipinski definition) is 0. The summed E-state index contributed by atoms with van der Waals surface area (Å²) in [4.78, 5) is 4.16. The lowest BCUT2D eigenvalue weighted by Crippen LogP contribution is -1.99. The van der Waals surface area contributed by atoms with Crippen molar-refractivity contribution in [3.05, 3.63) is 57.3 Å². The van der Waals surface area contributed by atoms with Gasteiger partial charge >= 0.3 is 0 Å². The van der Waals surface area contributed by atoms with Crippen LogP contribution in [0.2, 0.25) is 5.15 Å². The van der Waals surface area contributed by atoms with E-state index in [9.17, 15) is 0 Å². The Bertz CT molecular complexity index is 493. The van der Waals surface area contributed by atoms with Gasteiger partial charge in [0.15, 0.2) is 5.75 Å². The number of pyridine rings is 1. The fourth-order valence-corrected chi connectivity index (χ4v) is 2.48. The second-order valence-corrected chi connectivity index (χ2v) is 4.86. The van der Waals surface area contributed by atoms with E-state index in [0.29, 0.717) is 11.8 Å². The molecule has 4 heteroatoms. The molecule has 0 saturated carbocycles. The lowest BCUT2D eigenvalue weighted by Gasteiger charge is -2.10. The van der Waals surface area contributed by atoms with E-state index in [-0.39, 0.29) is 0 Å². The highest BCUT2D eigenvalue weighted by Crippen LogP contribution is 2.30. The highest BCUT2D eigenvalue weighted by Gasteiger charge is 2.08. The molecule has 17 heavy (non-hydrogen) atoms. The molecule has 0 fully saturated rings.